The van der Waals surface area contributed by atoms with Crippen LogP contribution in [0.5, 0.6) is 5.75 Å². The van der Waals surface area contributed by atoms with Crippen LogP contribution in [-0.2, 0) is 9.31 Å². The molecule has 0 N–H and O–H groups in total. The molecule has 1 aliphatic rings. The third-order valence-corrected chi connectivity index (χ3v) is 5.12. The Morgan fingerprint density at radius 2 is 1.76 bits per heavy atom. The molecule has 0 saturated carbocycles. The summed E-state index contributed by atoms with van der Waals surface area (Å²) in [5.41, 5.74) is -0.0227. The van der Waals surface area contributed by atoms with Gasteiger partial charge in [-0.1, -0.05) is 34.5 Å². The summed E-state index contributed by atoms with van der Waals surface area (Å²) in [5.74, 6) is 0.659. The molecule has 0 aliphatic carbocycles. The van der Waals surface area contributed by atoms with Crippen LogP contribution in [0.1, 0.15) is 41.0 Å². The third-order valence-electron chi connectivity index (χ3n) is 4.04. The highest BCUT2D eigenvalue weighted by Crippen LogP contribution is 2.38. The molecule has 1 heterocycles. The predicted octanol–water partition coefficient (Wildman–Crippen LogP) is 4.19. The molecule has 1 aromatic carbocycles. The van der Waals surface area contributed by atoms with Crippen LogP contribution >= 0.6 is 27.5 Å². The molecule has 1 aliphatic heterocycles. The lowest BCUT2D eigenvalue weighted by Gasteiger charge is -2.32. The molecule has 116 valence electrons. The molecular weight excluding hydrogens is 354 g/mol. The maximum atomic E-state index is 6.50. The van der Waals surface area contributed by atoms with Gasteiger partial charge in [0, 0.05) is 9.94 Å². The van der Waals surface area contributed by atoms with Gasteiger partial charge >= 0.3 is 7.12 Å². The topological polar surface area (TPSA) is 27.7 Å². The van der Waals surface area contributed by atoms with Gasteiger partial charge in [0.05, 0.1) is 22.8 Å². The smallest absolute Gasteiger partial charge is 0.492 e. The van der Waals surface area contributed by atoms with E-state index < -0.39 is 18.3 Å². The molecule has 0 bridgehead atoms. The Labute approximate surface area is 140 Å². The van der Waals surface area contributed by atoms with Gasteiger partial charge in [-0.3, -0.25) is 0 Å². The summed E-state index contributed by atoms with van der Waals surface area (Å²) in [6.07, 6.45) is 0.929. The minimum absolute atomic E-state index is 0.402. The van der Waals surface area contributed by atoms with Gasteiger partial charge in [0.1, 0.15) is 5.75 Å². The van der Waals surface area contributed by atoms with Crippen LogP contribution in [-0.4, -0.2) is 24.9 Å². The van der Waals surface area contributed by atoms with Gasteiger partial charge < -0.3 is 14.0 Å². The second kappa shape index (κ2) is 6.11. The Hall–Kier alpha value is -0.225. The first kappa shape index (κ1) is 17.1. The molecule has 1 fully saturated rings. The van der Waals surface area contributed by atoms with Crippen LogP contribution in [0, 0.1) is 0 Å². The fraction of sp³-hybridized carbons (Fsp3) is 0.600. The molecule has 0 aromatic heterocycles. The molecule has 0 atom stereocenters. The summed E-state index contributed by atoms with van der Waals surface area (Å²) in [6.45, 7) is 10.8. The second-order valence-electron chi connectivity index (χ2n) is 6.21. The SMILES string of the molecule is CCCOc1ccc(Br)c(B2OC(C)(C)C(C)(C)O2)c1Cl. The van der Waals surface area contributed by atoms with Crippen molar-refractivity contribution in [3.05, 3.63) is 21.6 Å². The number of hydrogen-bond donors (Lipinski definition) is 0. The van der Waals surface area contributed by atoms with Crippen molar-refractivity contribution in [3.8, 4) is 5.75 Å². The van der Waals surface area contributed by atoms with Crippen molar-refractivity contribution in [2.45, 2.75) is 52.2 Å². The Morgan fingerprint density at radius 3 is 2.29 bits per heavy atom. The first-order chi connectivity index (χ1) is 9.69. The number of benzene rings is 1. The van der Waals surface area contributed by atoms with Crippen molar-refractivity contribution in [3.63, 3.8) is 0 Å². The molecule has 0 unspecified atom stereocenters. The van der Waals surface area contributed by atoms with E-state index in [0.29, 0.717) is 17.4 Å². The fourth-order valence-electron chi connectivity index (χ4n) is 2.05. The number of halogens is 2. The van der Waals surface area contributed by atoms with Crippen LogP contribution in [0.4, 0.5) is 0 Å². The molecule has 6 heteroatoms. The van der Waals surface area contributed by atoms with E-state index in [1.165, 1.54) is 0 Å². The third kappa shape index (κ3) is 3.26. The van der Waals surface area contributed by atoms with E-state index in [2.05, 4.69) is 22.9 Å². The number of ether oxygens (including phenoxy) is 1. The van der Waals surface area contributed by atoms with Gasteiger partial charge in [0.15, 0.2) is 0 Å². The molecule has 3 nitrogen and oxygen atoms in total. The molecule has 0 radical (unpaired) electrons. The Morgan fingerprint density at radius 1 is 1.19 bits per heavy atom. The van der Waals surface area contributed by atoms with Crippen LogP contribution in [0.2, 0.25) is 5.02 Å². The number of rotatable bonds is 4. The van der Waals surface area contributed by atoms with E-state index in [4.69, 9.17) is 25.6 Å². The Balaban J connectivity index is 2.36. The molecular formula is C15H21BBrClO3. The minimum atomic E-state index is -0.512. The van der Waals surface area contributed by atoms with Crippen molar-refractivity contribution >= 4 is 40.1 Å². The molecule has 0 amide bonds. The van der Waals surface area contributed by atoms with Crippen LogP contribution in [0.15, 0.2) is 16.6 Å². The van der Waals surface area contributed by atoms with E-state index >= 15 is 0 Å². The summed E-state index contributed by atoms with van der Waals surface area (Å²) in [4.78, 5) is 0. The van der Waals surface area contributed by atoms with Crippen molar-refractivity contribution in [1.29, 1.82) is 0 Å². The summed E-state index contributed by atoms with van der Waals surface area (Å²) < 4.78 is 18.7. The average Bonchev–Trinajstić information content (AvgIpc) is 2.57. The van der Waals surface area contributed by atoms with E-state index in [1.54, 1.807) is 0 Å². The summed E-state index contributed by atoms with van der Waals surface area (Å²) in [5, 5.41) is 0.538. The normalized spacial score (nSPS) is 19.9. The summed E-state index contributed by atoms with van der Waals surface area (Å²) >= 11 is 10.0. The largest absolute Gasteiger partial charge is 0.497 e. The van der Waals surface area contributed by atoms with E-state index in [0.717, 1.165) is 16.4 Å². The maximum absolute atomic E-state index is 6.50. The highest BCUT2D eigenvalue weighted by atomic mass is 79.9. The highest BCUT2D eigenvalue weighted by molar-refractivity contribution is 9.10. The van der Waals surface area contributed by atoms with Gasteiger partial charge in [-0.25, -0.2) is 0 Å². The van der Waals surface area contributed by atoms with Gasteiger partial charge in [0.2, 0.25) is 0 Å². The first-order valence-corrected chi connectivity index (χ1v) is 8.33. The lowest BCUT2D eigenvalue weighted by Crippen LogP contribution is -2.41. The van der Waals surface area contributed by atoms with Gasteiger partial charge in [0.25, 0.3) is 0 Å². The van der Waals surface area contributed by atoms with E-state index in [-0.39, 0.29) is 0 Å². The maximum Gasteiger partial charge on any atom is 0.497 e. The zero-order chi connectivity index (χ0) is 15.8. The first-order valence-electron chi connectivity index (χ1n) is 7.16. The van der Waals surface area contributed by atoms with Crippen LogP contribution in [0.3, 0.4) is 0 Å². The van der Waals surface area contributed by atoms with Gasteiger partial charge in [-0.05, 0) is 46.2 Å². The molecule has 1 aromatic rings. The van der Waals surface area contributed by atoms with E-state index in [1.807, 2.05) is 39.8 Å². The second-order valence-corrected chi connectivity index (χ2v) is 7.44. The van der Waals surface area contributed by atoms with Crippen molar-refractivity contribution in [2.24, 2.45) is 0 Å². The zero-order valence-electron chi connectivity index (χ0n) is 13.1. The molecule has 0 spiro atoms. The van der Waals surface area contributed by atoms with Gasteiger partial charge in [-0.2, -0.15) is 0 Å². The number of hydrogen-bond acceptors (Lipinski definition) is 3. The predicted molar refractivity (Wildman–Crippen MR) is 90.7 cm³/mol. The zero-order valence-corrected chi connectivity index (χ0v) is 15.5. The minimum Gasteiger partial charge on any atom is -0.492 e. The standard InChI is InChI=1S/C15H21BBrClO3/c1-6-9-19-11-8-7-10(17)12(13(11)18)16-20-14(2,3)15(4,5)21-16/h7-8H,6,9H2,1-5H3. The van der Waals surface area contributed by atoms with Crippen molar-refractivity contribution < 1.29 is 14.0 Å². The monoisotopic (exact) mass is 374 g/mol. The summed E-state index contributed by atoms with van der Waals surface area (Å²) in [6, 6.07) is 3.77. The Bertz CT molecular complexity index is 518. The van der Waals surface area contributed by atoms with Crippen molar-refractivity contribution in [1.82, 2.24) is 0 Å². The molecule has 2 rings (SSSR count). The lowest BCUT2D eigenvalue weighted by molar-refractivity contribution is 0.00578. The molecule has 21 heavy (non-hydrogen) atoms. The Kier molecular flexibility index (Phi) is 4.99. The van der Waals surface area contributed by atoms with Crippen molar-refractivity contribution in [2.75, 3.05) is 6.61 Å². The average molecular weight is 375 g/mol. The quantitative estimate of drug-likeness (QED) is 0.739. The van der Waals surface area contributed by atoms with Crippen LogP contribution < -0.4 is 10.2 Å². The summed E-state index contributed by atoms with van der Waals surface area (Å²) in [7, 11) is -0.512. The molecule has 1 saturated heterocycles. The van der Waals surface area contributed by atoms with E-state index in [9.17, 15) is 0 Å². The fourth-order valence-corrected chi connectivity index (χ4v) is 2.99. The highest BCUT2D eigenvalue weighted by Gasteiger charge is 2.53. The lowest BCUT2D eigenvalue weighted by atomic mass is 9.79. The van der Waals surface area contributed by atoms with Crippen LogP contribution in [0.25, 0.3) is 0 Å². The van der Waals surface area contributed by atoms with Gasteiger partial charge in [-0.15, -0.1) is 0 Å².